The van der Waals surface area contributed by atoms with Crippen LogP contribution in [0.2, 0.25) is 10.0 Å². The summed E-state index contributed by atoms with van der Waals surface area (Å²) >= 11 is 12.6. The van der Waals surface area contributed by atoms with Crippen LogP contribution in [0.4, 0.5) is 0 Å². The van der Waals surface area contributed by atoms with Crippen LogP contribution in [0.25, 0.3) is 0 Å². The summed E-state index contributed by atoms with van der Waals surface area (Å²) in [4.78, 5) is 15.1. The molecule has 1 N–H and O–H groups in total. The predicted molar refractivity (Wildman–Crippen MR) is 117 cm³/mol. The Morgan fingerprint density at radius 3 is 2.36 bits per heavy atom. The average Bonchev–Trinajstić information content (AvgIpc) is 2.67. The van der Waals surface area contributed by atoms with Gasteiger partial charge in [0.25, 0.3) is 0 Å². The molecule has 28 heavy (non-hydrogen) atoms. The van der Waals surface area contributed by atoms with Crippen LogP contribution in [0.5, 0.6) is 0 Å². The molecule has 3 rings (SSSR count). The molecule has 1 aliphatic heterocycles. The van der Waals surface area contributed by atoms with Gasteiger partial charge < -0.3 is 5.32 Å². The normalized spacial score (nSPS) is 16.8. The average molecular weight is 419 g/mol. The van der Waals surface area contributed by atoms with Crippen LogP contribution >= 0.6 is 23.2 Å². The number of carbonyl (C=O) groups excluding carboxylic acids is 1. The number of carbonyl (C=O) groups is 1. The molecule has 150 valence electrons. The van der Waals surface area contributed by atoms with Crippen molar-refractivity contribution in [2.75, 3.05) is 13.1 Å². The van der Waals surface area contributed by atoms with Gasteiger partial charge in [-0.2, -0.15) is 0 Å². The van der Waals surface area contributed by atoms with Crippen molar-refractivity contribution in [1.82, 2.24) is 10.2 Å². The molecule has 1 unspecified atom stereocenters. The molecule has 0 bridgehead atoms. The van der Waals surface area contributed by atoms with Crippen molar-refractivity contribution < 1.29 is 4.79 Å². The Hall–Kier alpha value is -1.55. The lowest BCUT2D eigenvalue weighted by atomic mass is 9.94. The summed E-state index contributed by atoms with van der Waals surface area (Å²) in [5.74, 6) is 0.216. The fourth-order valence-electron chi connectivity index (χ4n) is 3.71. The third kappa shape index (κ3) is 5.08. The Morgan fingerprint density at radius 2 is 1.75 bits per heavy atom. The molecule has 1 aliphatic rings. The third-order valence-corrected chi connectivity index (χ3v) is 6.50. The Balaban J connectivity index is 1.53. The van der Waals surface area contributed by atoms with Gasteiger partial charge in [0.2, 0.25) is 5.91 Å². The van der Waals surface area contributed by atoms with Crippen molar-refractivity contribution in [1.29, 1.82) is 0 Å². The number of hydrogen-bond donors (Lipinski definition) is 1. The summed E-state index contributed by atoms with van der Waals surface area (Å²) in [7, 11) is 0. The number of rotatable bonds is 5. The SMILES string of the molecule is Cc1ccc(C(C)NC(=O)C2CCN(Cc3c(Cl)cccc3Cl)CC2)cc1C. The Labute approximate surface area is 178 Å². The van der Waals surface area contributed by atoms with Crippen LogP contribution in [0, 0.1) is 19.8 Å². The van der Waals surface area contributed by atoms with Gasteiger partial charge in [-0.3, -0.25) is 9.69 Å². The molecule has 1 atom stereocenters. The first-order valence-electron chi connectivity index (χ1n) is 9.88. The van der Waals surface area contributed by atoms with Gasteiger partial charge in [-0.15, -0.1) is 0 Å². The molecule has 0 spiro atoms. The highest BCUT2D eigenvalue weighted by atomic mass is 35.5. The van der Waals surface area contributed by atoms with E-state index < -0.39 is 0 Å². The molecular formula is C23H28Cl2N2O. The Bertz CT molecular complexity index is 824. The van der Waals surface area contributed by atoms with Gasteiger partial charge in [-0.25, -0.2) is 0 Å². The minimum Gasteiger partial charge on any atom is -0.349 e. The van der Waals surface area contributed by atoms with Crippen molar-refractivity contribution in [3.05, 3.63) is 68.7 Å². The zero-order valence-corrected chi connectivity index (χ0v) is 18.3. The van der Waals surface area contributed by atoms with E-state index in [1.165, 1.54) is 11.1 Å². The van der Waals surface area contributed by atoms with E-state index in [-0.39, 0.29) is 17.9 Å². The van der Waals surface area contributed by atoms with E-state index in [0.717, 1.165) is 43.6 Å². The van der Waals surface area contributed by atoms with Gasteiger partial charge in [-0.1, -0.05) is 47.5 Å². The number of hydrogen-bond acceptors (Lipinski definition) is 2. The number of nitrogens with zero attached hydrogens (tertiary/aromatic N) is 1. The summed E-state index contributed by atoms with van der Waals surface area (Å²) in [6.07, 6.45) is 1.71. The van der Waals surface area contributed by atoms with E-state index in [1.807, 2.05) is 18.2 Å². The van der Waals surface area contributed by atoms with Gasteiger partial charge in [-0.05, 0) is 75.5 Å². The molecule has 0 radical (unpaired) electrons. The first-order valence-corrected chi connectivity index (χ1v) is 10.6. The number of benzene rings is 2. The molecule has 1 heterocycles. The van der Waals surface area contributed by atoms with Crippen LogP contribution in [-0.2, 0) is 11.3 Å². The number of halogens is 2. The van der Waals surface area contributed by atoms with E-state index in [0.29, 0.717) is 10.0 Å². The molecule has 2 aromatic carbocycles. The molecule has 5 heteroatoms. The highest BCUT2D eigenvalue weighted by Crippen LogP contribution is 2.28. The van der Waals surface area contributed by atoms with Crippen molar-refractivity contribution >= 4 is 29.1 Å². The van der Waals surface area contributed by atoms with Gasteiger partial charge >= 0.3 is 0 Å². The minimum atomic E-state index is 0.0201. The Morgan fingerprint density at radius 1 is 1.11 bits per heavy atom. The molecule has 3 nitrogen and oxygen atoms in total. The molecule has 1 amide bonds. The van der Waals surface area contributed by atoms with E-state index in [9.17, 15) is 4.79 Å². The van der Waals surface area contributed by atoms with Gasteiger partial charge in [0.05, 0.1) is 6.04 Å². The number of amides is 1. The quantitative estimate of drug-likeness (QED) is 0.674. The highest BCUT2D eigenvalue weighted by molar-refractivity contribution is 6.35. The first-order chi connectivity index (χ1) is 13.3. The second kappa shape index (κ2) is 9.30. The lowest BCUT2D eigenvalue weighted by Crippen LogP contribution is -2.41. The van der Waals surface area contributed by atoms with E-state index in [2.05, 4.69) is 49.2 Å². The smallest absolute Gasteiger partial charge is 0.223 e. The maximum Gasteiger partial charge on any atom is 0.223 e. The van der Waals surface area contributed by atoms with Gasteiger partial charge in [0, 0.05) is 28.1 Å². The number of aryl methyl sites for hydroxylation is 2. The lowest BCUT2D eigenvalue weighted by molar-refractivity contribution is -0.127. The minimum absolute atomic E-state index is 0.0201. The van der Waals surface area contributed by atoms with Gasteiger partial charge in [0.15, 0.2) is 0 Å². The van der Waals surface area contributed by atoms with Crippen molar-refractivity contribution in [2.24, 2.45) is 5.92 Å². The summed E-state index contributed by atoms with van der Waals surface area (Å²) < 4.78 is 0. The number of nitrogens with one attached hydrogen (secondary N) is 1. The first kappa shape index (κ1) is 21.2. The van der Waals surface area contributed by atoms with Crippen molar-refractivity contribution in [3.8, 4) is 0 Å². The highest BCUT2D eigenvalue weighted by Gasteiger charge is 2.26. The maximum atomic E-state index is 12.7. The van der Waals surface area contributed by atoms with Crippen LogP contribution in [0.15, 0.2) is 36.4 Å². The monoisotopic (exact) mass is 418 g/mol. The summed E-state index contributed by atoms with van der Waals surface area (Å²) in [6.45, 7) is 8.73. The molecule has 1 saturated heterocycles. The zero-order chi connectivity index (χ0) is 20.3. The summed E-state index contributed by atoms with van der Waals surface area (Å²) in [6, 6.07) is 12.0. The molecule has 1 fully saturated rings. The molecule has 0 saturated carbocycles. The van der Waals surface area contributed by atoms with Crippen LogP contribution < -0.4 is 5.32 Å². The van der Waals surface area contributed by atoms with E-state index in [4.69, 9.17) is 23.2 Å². The van der Waals surface area contributed by atoms with Crippen LogP contribution in [0.1, 0.15) is 48.1 Å². The van der Waals surface area contributed by atoms with Crippen LogP contribution in [0.3, 0.4) is 0 Å². The van der Waals surface area contributed by atoms with Crippen molar-refractivity contribution in [3.63, 3.8) is 0 Å². The van der Waals surface area contributed by atoms with Gasteiger partial charge in [0.1, 0.15) is 0 Å². The largest absolute Gasteiger partial charge is 0.349 e. The van der Waals surface area contributed by atoms with E-state index in [1.54, 1.807) is 0 Å². The lowest BCUT2D eigenvalue weighted by Gasteiger charge is -2.32. The second-order valence-corrected chi connectivity index (χ2v) is 8.64. The fourth-order valence-corrected chi connectivity index (χ4v) is 4.23. The van der Waals surface area contributed by atoms with E-state index >= 15 is 0 Å². The standard InChI is InChI=1S/C23H28Cl2N2O/c1-15-7-8-19(13-16(15)2)17(3)26-23(28)18-9-11-27(12-10-18)14-20-21(24)5-4-6-22(20)25/h4-8,13,17-18H,9-12,14H2,1-3H3,(H,26,28). The zero-order valence-electron chi connectivity index (χ0n) is 16.8. The van der Waals surface area contributed by atoms with Crippen LogP contribution in [-0.4, -0.2) is 23.9 Å². The topological polar surface area (TPSA) is 32.3 Å². The predicted octanol–water partition coefficient (Wildman–Crippen LogP) is 5.70. The molecule has 0 aliphatic carbocycles. The molecular weight excluding hydrogens is 391 g/mol. The Kier molecular flexibility index (Phi) is 7.03. The van der Waals surface area contributed by atoms with Crippen molar-refractivity contribution in [2.45, 2.75) is 46.2 Å². The third-order valence-electron chi connectivity index (χ3n) is 5.79. The summed E-state index contributed by atoms with van der Waals surface area (Å²) in [5, 5.41) is 4.60. The summed E-state index contributed by atoms with van der Waals surface area (Å²) in [5.41, 5.74) is 4.65. The molecule has 0 aromatic heterocycles. The second-order valence-electron chi connectivity index (χ2n) is 7.82. The maximum absolute atomic E-state index is 12.7. The fraction of sp³-hybridized carbons (Fsp3) is 0.435. The number of piperidine rings is 1. The molecule has 2 aromatic rings. The number of likely N-dealkylation sites (tertiary alicyclic amines) is 1.